The van der Waals surface area contributed by atoms with Gasteiger partial charge in [-0.2, -0.15) is 0 Å². The van der Waals surface area contributed by atoms with E-state index in [4.69, 9.17) is 4.74 Å². The van der Waals surface area contributed by atoms with Crippen molar-refractivity contribution in [2.24, 2.45) is 0 Å². The second kappa shape index (κ2) is 4.79. The van der Waals surface area contributed by atoms with Crippen molar-refractivity contribution < 1.29 is 14.0 Å². The lowest BCUT2D eigenvalue weighted by molar-refractivity contribution is -0.989. The van der Waals surface area contributed by atoms with Gasteiger partial charge in [-0.3, -0.25) is 4.48 Å². The van der Waals surface area contributed by atoms with Crippen molar-refractivity contribution in [3.63, 3.8) is 0 Å². The summed E-state index contributed by atoms with van der Waals surface area (Å²) in [5.41, 5.74) is 0.0373. The molecule has 0 aromatic rings. The highest BCUT2D eigenvalue weighted by Gasteiger charge is 2.41. The molecule has 0 N–H and O–H groups in total. The predicted octanol–water partition coefficient (Wildman–Crippen LogP) is 2.33. The first-order chi connectivity index (χ1) is 6.69. The zero-order valence-corrected chi connectivity index (χ0v) is 10.8. The lowest BCUT2D eigenvalue weighted by atomic mass is 10.0. The first kappa shape index (κ1) is 14.2. The molecule has 0 saturated carbocycles. The molecule has 0 aromatic carbocycles. The van der Waals surface area contributed by atoms with Gasteiger partial charge in [0.1, 0.15) is 0 Å². The molecule has 0 spiro atoms. The largest absolute Gasteiger partial charge is 0.410 e. The van der Waals surface area contributed by atoms with Gasteiger partial charge in [-0.1, -0.05) is 6.58 Å². The lowest BCUT2D eigenvalue weighted by Crippen LogP contribution is -2.62. The van der Waals surface area contributed by atoms with E-state index in [0.29, 0.717) is 4.48 Å². The number of esters is 1. The summed E-state index contributed by atoms with van der Waals surface area (Å²) in [6.07, 6.45) is 1.04. The van der Waals surface area contributed by atoms with Crippen molar-refractivity contribution in [1.29, 1.82) is 0 Å². The van der Waals surface area contributed by atoms with Crippen LogP contribution in [0.25, 0.3) is 0 Å². The maximum atomic E-state index is 11.2. The third-order valence-corrected chi connectivity index (χ3v) is 3.45. The van der Waals surface area contributed by atoms with Gasteiger partial charge in [0.15, 0.2) is 0 Å². The number of quaternary nitrogens is 1. The van der Waals surface area contributed by atoms with Gasteiger partial charge in [-0.15, -0.1) is 0 Å². The van der Waals surface area contributed by atoms with Crippen LogP contribution in [0.3, 0.4) is 0 Å². The molecule has 0 aliphatic heterocycles. The summed E-state index contributed by atoms with van der Waals surface area (Å²) < 4.78 is 5.98. The smallest absolute Gasteiger partial charge is 0.334 e. The van der Waals surface area contributed by atoms with Gasteiger partial charge in [-0.25, -0.2) is 4.79 Å². The maximum Gasteiger partial charge on any atom is 0.334 e. The molecule has 0 aliphatic carbocycles. The minimum absolute atomic E-state index is 0.0373. The number of hydrogen-bond acceptors (Lipinski definition) is 2. The summed E-state index contributed by atoms with van der Waals surface area (Å²) in [5, 5.41) is 0. The Labute approximate surface area is 93.3 Å². The first-order valence-electron chi connectivity index (χ1n) is 5.37. The fourth-order valence-corrected chi connectivity index (χ4v) is 1.61. The molecule has 0 rings (SSSR count). The number of carbonyl (C=O) groups excluding carboxylic acids is 1. The van der Waals surface area contributed by atoms with Gasteiger partial charge in [-0.05, 0) is 27.7 Å². The van der Waals surface area contributed by atoms with E-state index in [-0.39, 0.29) is 17.7 Å². The molecule has 0 radical (unpaired) electrons. The van der Waals surface area contributed by atoms with Crippen molar-refractivity contribution in [3.8, 4) is 0 Å². The minimum Gasteiger partial charge on any atom is -0.410 e. The van der Waals surface area contributed by atoms with Crippen molar-refractivity contribution in [2.45, 2.75) is 46.4 Å². The van der Waals surface area contributed by atoms with Crippen LogP contribution in [-0.2, 0) is 9.53 Å². The van der Waals surface area contributed by atoms with Crippen LogP contribution < -0.4 is 0 Å². The lowest BCUT2D eigenvalue weighted by Gasteiger charge is -2.48. The summed E-state index contributed by atoms with van der Waals surface area (Å²) in [7, 11) is 2.10. The van der Waals surface area contributed by atoms with Crippen LogP contribution in [0, 0.1) is 0 Å². The third-order valence-electron chi connectivity index (χ3n) is 3.45. The second-order valence-corrected chi connectivity index (χ2v) is 5.00. The molecule has 3 heteroatoms. The molecule has 0 heterocycles. The van der Waals surface area contributed by atoms with Gasteiger partial charge >= 0.3 is 5.97 Å². The van der Waals surface area contributed by atoms with E-state index in [1.54, 1.807) is 0 Å². The van der Waals surface area contributed by atoms with Crippen molar-refractivity contribution in [2.75, 3.05) is 13.6 Å². The van der Waals surface area contributed by atoms with E-state index >= 15 is 0 Å². The van der Waals surface area contributed by atoms with Gasteiger partial charge < -0.3 is 4.74 Å². The van der Waals surface area contributed by atoms with Crippen LogP contribution in [-0.4, -0.2) is 35.8 Å². The predicted molar refractivity (Wildman–Crippen MR) is 62.2 cm³/mol. The van der Waals surface area contributed by atoms with Gasteiger partial charge in [0.05, 0.1) is 19.1 Å². The van der Waals surface area contributed by atoms with Crippen LogP contribution in [0.4, 0.5) is 0 Å². The highest BCUT2D eigenvalue weighted by Crippen LogP contribution is 2.26. The maximum absolute atomic E-state index is 11.2. The first-order valence-corrected chi connectivity index (χ1v) is 5.37. The van der Waals surface area contributed by atoms with Gasteiger partial charge in [0.25, 0.3) is 0 Å². The molecule has 88 valence electrons. The Bertz CT molecular complexity index is 242. The fraction of sp³-hybridized carbons (Fsp3) is 0.750. The number of hydrogen-bond donors (Lipinski definition) is 0. The van der Waals surface area contributed by atoms with Crippen molar-refractivity contribution in [1.82, 2.24) is 0 Å². The summed E-state index contributed by atoms with van der Waals surface area (Å²) in [6, 6.07) is 0. The Balaban J connectivity index is 4.81. The van der Waals surface area contributed by atoms with Gasteiger partial charge in [0, 0.05) is 13.0 Å². The third kappa shape index (κ3) is 3.06. The summed E-state index contributed by atoms with van der Waals surface area (Å²) >= 11 is 0. The van der Waals surface area contributed by atoms with Crippen LogP contribution >= 0.6 is 0 Å². The fourth-order valence-electron chi connectivity index (χ4n) is 1.61. The SMILES string of the molecule is C=CC(=O)OC(C)[N+](C)(CC)C(C)(C)C. The molecule has 0 aromatic heterocycles. The number of ether oxygens (including phenoxy) is 1. The molecular formula is C12H24NO2+. The van der Waals surface area contributed by atoms with E-state index in [2.05, 4.69) is 41.3 Å². The molecule has 2 unspecified atom stereocenters. The average Bonchev–Trinajstić information content (AvgIpc) is 2.14. The summed E-state index contributed by atoms with van der Waals surface area (Å²) in [4.78, 5) is 11.2. The van der Waals surface area contributed by atoms with Crippen LogP contribution in [0.5, 0.6) is 0 Å². The normalized spacial score (nSPS) is 17.7. The molecule has 0 amide bonds. The molecule has 0 bridgehead atoms. The topological polar surface area (TPSA) is 26.3 Å². The number of nitrogens with zero attached hydrogens (tertiary/aromatic N) is 1. The minimum atomic E-state index is -0.357. The zero-order valence-electron chi connectivity index (χ0n) is 10.8. The summed E-state index contributed by atoms with van der Waals surface area (Å²) in [6.45, 7) is 14.8. The molecule has 15 heavy (non-hydrogen) atoms. The Morgan fingerprint density at radius 2 is 2.00 bits per heavy atom. The molecule has 0 fully saturated rings. The van der Waals surface area contributed by atoms with E-state index in [1.165, 1.54) is 6.08 Å². The Hall–Kier alpha value is -0.830. The van der Waals surface area contributed by atoms with Gasteiger partial charge in [0.2, 0.25) is 6.23 Å². The molecule has 3 nitrogen and oxygen atoms in total. The number of carbonyl (C=O) groups is 1. The molecule has 0 saturated heterocycles. The highest BCUT2D eigenvalue weighted by molar-refractivity contribution is 5.81. The summed E-state index contributed by atoms with van der Waals surface area (Å²) in [5.74, 6) is -0.357. The molecular weight excluding hydrogens is 190 g/mol. The molecule has 2 atom stereocenters. The van der Waals surface area contributed by atoms with E-state index in [1.807, 2.05) is 6.92 Å². The average molecular weight is 214 g/mol. The molecule has 0 aliphatic rings. The van der Waals surface area contributed by atoms with Crippen LogP contribution in [0.15, 0.2) is 12.7 Å². The second-order valence-electron chi connectivity index (χ2n) is 5.00. The number of rotatable bonds is 4. The standard InChI is InChI=1S/C12H24NO2/c1-8-11(14)15-10(3)13(7,9-2)12(4,5)6/h8,10H,1,9H2,2-7H3/q+1. The van der Waals surface area contributed by atoms with Crippen molar-refractivity contribution >= 4 is 5.97 Å². The monoisotopic (exact) mass is 214 g/mol. The quantitative estimate of drug-likeness (QED) is 0.311. The Morgan fingerprint density at radius 1 is 1.53 bits per heavy atom. The van der Waals surface area contributed by atoms with E-state index < -0.39 is 0 Å². The highest BCUT2D eigenvalue weighted by atomic mass is 16.6. The van der Waals surface area contributed by atoms with Crippen molar-refractivity contribution in [3.05, 3.63) is 12.7 Å². The Kier molecular flexibility index (Phi) is 4.53. The van der Waals surface area contributed by atoms with Crippen LogP contribution in [0.2, 0.25) is 0 Å². The zero-order chi connectivity index (χ0) is 12.3. The van der Waals surface area contributed by atoms with Crippen LogP contribution in [0.1, 0.15) is 34.6 Å². The van der Waals surface area contributed by atoms with E-state index in [9.17, 15) is 4.79 Å². The Morgan fingerprint density at radius 3 is 2.27 bits per heavy atom. The van der Waals surface area contributed by atoms with E-state index in [0.717, 1.165) is 6.54 Å².